The first kappa shape index (κ1) is 20.3. The van der Waals surface area contributed by atoms with Gasteiger partial charge in [0.25, 0.3) is 0 Å². The van der Waals surface area contributed by atoms with Crippen LogP contribution in [0.4, 0.5) is 5.69 Å². The van der Waals surface area contributed by atoms with E-state index in [4.69, 9.17) is 0 Å². The number of benzene rings is 1. The van der Waals surface area contributed by atoms with Crippen molar-refractivity contribution < 1.29 is 19.5 Å². The van der Waals surface area contributed by atoms with E-state index in [-0.39, 0.29) is 11.8 Å². The van der Waals surface area contributed by atoms with Gasteiger partial charge in [-0.2, -0.15) is 12.6 Å². The largest absolute Gasteiger partial charge is 0.480 e. The van der Waals surface area contributed by atoms with Gasteiger partial charge in [0.1, 0.15) is 12.1 Å². The Balaban J connectivity index is 1.49. The smallest absolute Gasteiger partial charge is 0.327 e. The van der Waals surface area contributed by atoms with Crippen molar-refractivity contribution in [2.24, 2.45) is 5.92 Å². The third-order valence-corrected chi connectivity index (χ3v) is 7.04. The van der Waals surface area contributed by atoms with Crippen LogP contribution in [0.2, 0.25) is 0 Å². The van der Waals surface area contributed by atoms with Crippen molar-refractivity contribution in [3.05, 3.63) is 29.3 Å². The van der Waals surface area contributed by atoms with E-state index in [2.05, 4.69) is 17.9 Å². The van der Waals surface area contributed by atoms with E-state index in [1.165, 1.54) is 24.2 Å². The third kappa shape index (κ3) is 4.02. The van der Waals surface area contributed by atoms with Crippen molar-refractivity contribution in [2.45, 2.75) is 75.1 Å². The number of anilines is 1. The van der Waals surface area contributed by atoms with Gasteiger partial charge in [-0.15, -0.1) is 0 Å². The van der Waals surface area contributed by atoms with E-state index < -0.39 is 23.3 Å². The van der Waals surface area contributed by atoms with Gasteiger partial charge in [-0.05, 0) is 36.3 Å². The van der Waals surface area contributed by atoms with Crippen LogP contribution < -0.4 is 10.2 Å². The van der Waals surface area contributed by atoms with Gasteiger partial charge >= 0.3 is 5.97 Å². The third-order valence-electron chi connectivity index (χ3n) is 6.59. The molecule has 1 unspecified atom stereocenters. The molecule has 0 aromatic heterocycles. The maximum Gasteiger partial charge on any atom is 0.327 e. The number of hydrogen-bond donors (Lipinski definition) is 3. The summed E-state index contributed by atoms with van der Waals surface area (Å²) in [5, 5.41) is 12.1. The number of carboxylic acids is 1. The highest BCUT2D eigenvalue weighted by molar-refractivity contribution is 7.81. The van der Waals surface area contributed by atoms with Gasteiger partial charge < -0.3 is 10.4 Å². The minimum Gasteiger partial charge on any atom is -0.480 e. The average Bonchev–Trinajstić information content (AvgIpc) is 3.05. The number of aliphatic carboxylic acids is 1. The predicted molar refractivity (Wildman–Crippen MR) is 113 cm³/mol. The molecule has 0 bridgehead atoms. The summed E-state index contributed by atoms with van der Waals surface area (Å²) < 4.78 is 0. The lowest BCUT2D eigenvalue weighted by atomic mass is 9.86. The number of aryl methyl sites for hydroxylation is 1. The number of nitrogens with zero attached hydrogens (tertiary/aromatic N) is 1. The van der Waals surface area contributed by atoms with Gasteiger partial charge in [-0.1, -0.05) is 50.3 Å². The fourth-order valence-corrected chi connectivity index (χ4v) is 5.45. The summed E-state index contributed by atoms with van der Waals surface area (Å²) in [7, 11) is 0. The molecule has 156 valence electrons. The molecule has 0 spiro atoms. The summed E-state index contributed by atoms with van der Waals surface area (Å²) in [4.78, 5) is 39.2. The van der Waals surface area contributed by atoms with Gasteiger partial charge in [0.2, 0.25) is 11.8 Å². The van der Waals surface area contributed by atoms with Crippen LogP contribution in [0.25, 0.3) is 0 Å². The average molecular weight is 417 g/mol. The molecule has 7 heteroatoms. The van der Waals surface area contributed by atoms with E-state index in [1.807, 2.05) is 18.2 Å². The molecule has 29 heavy (non-hydrogen) atoms. The Morgan fingerprint density at radius 2 is 1.90 bits per heavy atom. The van der Waals surface area contributed by atoms with Gasteiger partial charge in [0.05, 0.1) is 10.9 Å². The van der Waals surface area contributed by atoms with E-state index in [1.54, 1.807) is 0 Å². The van der Waals surface area contributed by atoms with Crippen LogP contribution in [0.3, 0.4) is 0 Å². The number of hydrogen-bond acceptors (Lipinski definition) is 4. The SMILES string of the molecule is O=C(NC1CCc2cccc3c2N(C1=O)[C@H](C(=O)O)C3)[C@@H](S)CC1CCCCC1. The molecule has 2 N–H and O–H groups in total. The fraction of sp³-hybridized carbons (Fsp3) is 0.591. The Morgan fingerprint density at radius 1 is 1.17 bits per heavy atom. The number of nitrogens with one attached hydrogen (secondary N) is 1. The van der Waals surface area contributed by atoms with Crippen molar-refractivity contribution in [2.75, 3.05) is 4.90 Å². The number of carbonyl (C=O) groups excluding carboxylic acids is 2. The van der Waals surface area contributed by atoms with E-state index >= 15 is 0 Å². The summed E-state index contributed by atoms with van der Waals surface area (Å²) in [5.41, 5.74) is 2.59. The summed E-state index contributed by atoms with van der Waals surface area (Å²) in [6, 6.07) is 4.11. The second-order valence-corrected chi connectivity index (χ2v) is 9.17. The Kier molecular flexibility index (Phi) is 5.86. The van der Waals surface area contributed by atoms with Gasteiger partial charge in [-0.25, -0.2) is 4.79 Å². The first-order valence-electron chi connectivity index (χ1n) is 10.6. The minimum absolute atomic E-state index is 0.227. The van der Waals surface area contributed by atoms with E-state index in [9.17, 15) is 19.5 Å². The lowest BCUT2D eigenvalue weighted by Gasteiger charge is -2.28. The quantitative estimate of drug-likeness (QED) is 0.644. The normalized spacial score (nSPS) is 25.3. The van der Waals surface area contributed by atoms with Crippen LogP contribution in [-0.2, 0) is 27.2 Å². The maximum atomic E-state index is 13.3. The highest BCUT2D eigenvalue weighted by Crippen LogP contribution is 2.39. The Hall–Kier alpha value is -2.02. The zero-order valence-electron chi connectivity index (χ0n) is 16.5. The molecule has 1 aliphatic carbocycles. The molecule has 1 saturated carbocycles. The zero-order valence-corrected chi connectivity index (χ0v) is 17.4. The van der Waals surface area contributed by atoms with Gasteiger partial charge in [0, 0.05) is 6.42 Å². The summed E-state index contributed by atoms with van der Waals surface area (Å²) >= 11 is 4.52. The first-order chi connectivity index (χ1) is 14.0. The Bertz CT molecular complexity index is 821. The number of amides is 2. The molecule has 6 nitrogen and oxygen atoms in total. The zero-order chi connectivity index (χ0) is 20.5. The summed E-state index contributed by atoms with van der Waals surface area (Å²) in [6.07, 6.45) is 8.08. The monoisotopic (exact) mass is 416 g/mol. The van der Waals surface area contributed by atoms with Crippen LogP contribution in [0.1, 0.15) is 56.1 Å². The van der Waals surface area contributed by atoms with Gasteiger partial charge in [0.15, 0.2) is 0 Å². The molecule has 4 rings (SSSR count). The van der Waals surface area contributed by atoms with Crippen molar-refractivity contribution in [3.8, 4) is 0 Å². The molecule has 0 saturated heterocycles. The molecular formula is C22H28N2O4S. The van der Waals surface area contributed by atoms with Crippen LogP contribution in [0, 0.1) is 5.92 Å². The van der Waals surface area contributed by atoms with E-state index in [0.29, 0.717) is 25.2 Å². The first-order valence-corrected chi connectivity index (χ1v) is 11.1. The Labute approximate surface area is 176 Å². The molecular weight excluding hydrogens is 388 g/mol. The molecule has 1 aromatic rings. The molecule has 0 radical (unpaired) electrons. The molecule has 3 aliphatic rings. The second-order valence-electron chi connectivity index (χ2n) is 8.55. The van der Waals surface area contributed by atoms with Crippen LogP contribution in [-0.4, -0.2) is 40.2 Å². The fourth-order valence-electron chi connectivity index (χ4n) is 5.08. The lowest BCUT2D eigenvalue weighted by Crippen LogP contribution is -2.53. The molecule has 1 fully saturated rings. The molecule has 2 amide bonds. The molecule has 1 aromatic carbocycles. The summed E-state index contributed by atoms with van der Waals surface area (Å²) in [5.74, 6) is -1.05. The highest BCUT2D eigenvalue weighted by Gasteiger charge is 2.44. The summed E-state index contributed by atoms with van der Waals surface area (Å²) in [6.45, 7) is 0. The molecule has 3 atom stereocenters. The van der Waals surface area contributed by atoms with Crippen molar-refractivity contribution in [3.63, 3.8) is 0 Å². The molecule has 2 aliphatic heterocycles. The van der Waals surface area contributed by atoms with Crippen molar-refractivity contribution >= 4 is 36.1 Å². The standard InChI is InChI=1S/C22H28N2O4S/c25-20(18(29)11-13-5-2-1-3-6-13)23-16-10-9-14-7-4-8-15-12-17(22(27)28)24(19(14)15)21(16)26/h4,7-8,13,16-18,29H,1-3,5-6,9-12H2,(H,23,25)(H,27,28)/t16?,17-,18-/m0/s1. The number of carbonyl (C=O) groups is 3. The van der Waals surface area contributed by atoms with Crippen LogP contribution >= 0.6 is 12.6 Å². The molecule has 2 heterocycles. The lowest BCUT2D eigenvalue weighted by molar-refractivity contribution is -0.140. The second kappa shape index (κ2) is 8.38. The predicted octanol–water partition coefficient (Wildman–Crippen LogP) is 2.73. The van der Waals surface area contributed by atoms with Gasteiger partial charge in [-0.3, -0.25) is 14.5 Å². The number of thiol groups is 1. The Morgan fingerprint density at radius 3 is 2.62 bits per heavy atom. The minimum atomic E-state index is -1.02. The number of rotatable bonds is 5. The highest BCUT2D eigenvalue weighted by atomic mass is 32.1. The van der Waals surface area contributed by atoms with Crippen molar-refractivity contribution in [1.82, 2.24) is 5.32 Å². The topological polar surface area (TPSA) is 86.7 Å². The number of carboxylic acid groups (broad SMARTS) is 1. The number of para-hydroxylation sites is 1. The van der Waals surface area contributed by atoms with Crippen LogP contribution in [0.15, 0.2) is 18.2 Å². The van der Waals surface area contributed by atoms with Crippen LogP contribution in [0.5, 0.6) is 0 Å². The van der Waals surface area contributed by atoms with E-state index in [0.717, 1.165) is 36.1 Å². The van der Waals surface area contributed by atoms with Crippen molar-refractivity contribution in [1.29, 1.82) is 0 Å². The maximum absolute atomic E-state index is 13.3.